The fourth-order valence-electron chi connectivity index (χ4n) is 1.19. The molecule has 4 nitrogen and oxygen atoms in total. The fraction of sp³-hybridized carbons (Fsp3) is 0.400. The molecule has 8 heteroatoms. The number of rotatable bonds is 5. The lowest BCUT2D eigenvalue weighted by Gasteiger charge is -2.12. The summed E-state index contributed by atoms with van der Waals surface area (Å²) < 4.78 is 49.9. The van der Waals surface area contributed by atoms with E-state index in [1.54, 1.807) is 19.1 Å². The highest BCUT2D eigenvalue weighted by Gasteiger charge is 2.22. The molecule has 0 amide bonds. The minimum Gasteiger partial charge on any atom is -0.386 e. The Morgan fingerprint density at radius 2 is 2.06 bits per heavy atom. The average molecular weight is 344 g/mol. The summed E-state index contributed by atoms with van der Waals surface area (Å²) in [6, 6.07) is 4.54. The number of nitrogens with one attached hydrogen (secondary N) is 1. The average Bonchev–Trinajstić information content (AvgIpc) is 2.25. The highest BCUT2D eigenvalue weighted by atomic mass is 79.9. The van der Waals surface area contributed by atoms with E-state index < -0.39 is 29.1 Å². The van der Waals surface area contributed by atoms with Gasteiger partial charge in [-0.1, -0.05) is 6.07 Å². The van der Waals surface area contributed by atoms with Crippen LogP contribution in [0.2, 0.25) is 0 Å². The molecule has 0 radical (unpaired) electrons. The summed E-state index contributed by atoms with van der Waals surface area (Å²) in [6.07, 6.45) is -5.02. The third kappa shape index (κ3) is 3.98. The maximum Gasteiger partial charge on any atom is 0.265 e. The first-order chi connectivity index (χ1) is 8.24. The van der Waals surface area contributed by atoms with Gasteiger partial charge in [-0.3, -0.25) is 0 Å². The van der Waals surface area contributed by atoms with Crippen molar-refractivity contribution in [1.82, 2.24) is 4.72 Å². The van der Waals surface area contributed by atoms with Crippen LogP contribution in [-0.2, 0) is 10.0 Å². The molecule has 0 bridgehead atoms. The third-order valence-electron chi connectivity index (χ3n) is 2.15. The van der Waals surface area contributed by atoms with Crippen molar-refractivity contribution in [2.45, 2.75) is 24.3 Å². The van der Waals surface area contributed by atoms with Crippen LogP contribution in [0.3, 0.4) is 0 Å². The van der Waals surface area contributed by atoms with E-state index in [1.807, 2.05) is 4.72 Å². The molecule has 1 atom stereocenters. The van der Waals surface area contributed by atoms with Crippen LogP contribution >= 0.6 is 15.9 Å². The van der Waals surface area contributed by atoms with Crippen LogP contribution in [0.1, 0.15) is 5.56 Å². The van der Waals surface area contributed by atoms with Crippen LogP contribution in [0.25, 0.3) is 0 Å². The molecular weight excluding hydrogens is 332 g/mol. The zero-order valence-corrected chi connectivity index (χ0v) is 11.8. The molecule has 18 heavy (non-hydrogen) atoms. The number of aliphatic hydroxyl groups is 1. The lowest BCUT2D eigenvalue weighted by Crippen LogP contribution is -2.35. The minimum absolute atomic E-state index is 0.0606. The van der Waals surface area contributed by atoms with Crippen LogP contribution in [0.4, 0.5) is 8.78 Å². The molecule has 0 fully saturated rings. The molecule has 1 aromatic rings. The third-order valence-corrected chi connectivity index (χ3v) is 4.55. The van der Waals surface area contributed by atoms with E-state index in [-0.39, 0.29) is 4.90 Å². The highest BCUT2D eigenvalue weighted by molar-refractivity contribution is 9.10. The SMILES string of the molecule is Cc1ccc(S(=O)(=O)NCC(O)C(F)F)c(Br)c1. The Balaban J connectivity index is 2.87. The summed E-state index contributed by atoms with van der Waals surface area (Å²) in [5.74, 6) is 0. The Morgan fingerprint density at radius 1 is 1.44 bits per heavy atom. The maximum atomic E-state index is 12.0. The molecule has 1 aromatic carbocycles. The molecule has 2 N–H and O–H groups in total. The molecule has 102 valence electrons. The van der Waals surface area contributed by atoms with Gasteiger partial charge >= 0.3 is 0 Å². The monoisotopic (exact) mass is 343 g/mol. The molecule has 0 aliphatic heterocycles. The second-order valence-corrected chi connectivity index (χ2v) is 6.28. The Labute approximate surface area is 112 Å². The van der Waals surface area contributed by atoms with Crippen LogP contribution < -0.4 is 4.72 Å². The van der Waals surface area contributed by atoms with Crippen molar-refractivity contribution in [2.24, 2.45) is 0 Å². The Bertz CT molecular complexity index is 522. The zero-order chi connectivity index (χ0) is 13.9. The number of benzene rings is 1. The molecule has 0 heterocycles. The second-order valence-electron chi connectivity index (χ2n) is 3.69. The lowest BCUT2D eigenvalue weighted by atomic mass is 10.2. The summed E-state index contributed by atoms with van der Waals surface area (Å²) in [5, 5.41) is 8.86. The van der Waals surface area contributed by atoms with Gasteiger partial charge in [0, 0.05) is 11.0 Å². The largest absolute Gasteiger partial charge is 0.386 e. The van der Waals surface area contributed by atoms with E-state index >= 15 is 0 Å². The molecule has 1 unspecified atom stereocenters. The number of sulfonamides is 1. The summed E-state index contributed by atoms with van der Waals surface area (Å²) in [5.41, 5.74) is 0.855. The summed E-state index contributed by atoms with van der Waals surface area (Å²) >= 11 is 3.09. The van der Waals surface area contributed by atoms with Crippen molar-refractivity contribution in [2.75, 3.05) is 6.54 Å². The first-order valence-corrected chi connectivity index (χ1v) is 7.23. The minimum atomic E-state index is -3.93. The van der Waals surface area contributed by atoms with Crippen LogP contribution in [-0.4, -0.2) is 32.6 Å². The number of hydrogen-bond acceptors (Lipinski definition) is 3. The molecule has 1 rings (SSSR count). The summed E-state index contributed by atoms with van der Waals surface area (Å²) in [4.78, 5) is -0.0606. The zero-order valence-electron chi connectivity index (χ0n) is 9.40. The molecule has 0 aliphatic carbocycles. The highest BCUT2D eigenvalue weighted by Crippen LogP contribution is 2.22. The summed E-state index contributed by atoms with van der Waals surface area (Å²) in [7, 11) is -3.93. The molecule has 0 spiro atoms. The molecule has 0 saturated heterocycles. The van der Waals surface area contributed by atoms with Crippen molar-refractivity contribution in [3.8, 4) is 0 Å². The number of aliphatic hydroxyl groups excluding tert-OH is 1. The number of alkyl halides is 2. The molecule has 0 aliphatic rings. The van der Waals surface area contributed by atoms with E-state index in [2.05, 4.69) is 15.9 Å². The van der Waals surface area contributed by atoms with Gasteiger partial charge in [0.05, 0.1) is 4.90 Å². The first-order valence-electron chi connectivity index (χ1n) is 4.96. The number of halogens is 3. The molecule has 0 aromatic heterocycles. The number of aryl methyl sites for hydroxylation is 1. The Hall–Kier alpha value is -0.570. The number of hydrogen-bond donors (Lipinski definition) is 2. The van der Waals surface area contributed by atoms with Gasteiger partial charge in [0.1, 0.15) is 6.10 Å². The van der Waals surface area contributed by atoms with E-state index in [1.165, 1.54) is 6.07 Å². The second kappa shape index (κ2) is 6.05. The topological polar surface area (TPSA) is 66.4 Å². The van der Waals surface area contributed by atoms with Gasteiger partial charge in [-0.2, -0.15) is 0 Å². The van der Waals surface area contributed by atoms with Crippen LogP contribution in [0.15, 0.2) is 27.6 Å². The predicted octanol–water partition coefficient (Wildman–Crippen LogP) is 1.66. The van der Waals surface area contributed by atoms with Gasteiger partial charge in [-0.05, 0) is 40.5 Å². The standard InChI is InChI=1S/C10H12BrF2NO3S/c1-6-2-3-9(7(11)4-6)18(16,17)14-5-8(15)10(12)13/h2-4,8,10,14-15H,5H2,1H3. The van der Waals surface area contributed by atoms with Gasteiger partial charge in [0.25, 0.3) is 6.43 Å². The summed E-state index contributed by atoms with van der Waals surface area (Å²) in [6.45, 7) is 1.05. The Morgan fingerprint density at radius 3 is 2.56 bits per heavy atom. The quantitative estimate of drug-likeness (QED) is 0.854. The first kappa shape index (κ1) is 15.5. The normalized spacial score (nSPS) is 13.9. The smallest absolute Gasteiger partial charge is 0.265 e. The predicted molar refractivity (Wildman–Crippen MR) is 66.1 cm³/mol. The van der Waals surface area contributed by atoms with Crippen molar-refractivity contribution < 1.29 is 22.3 Å². The van der Waals surface area contributed by atoms with Crippen LogP contribution in [0.5, 0.6) is 0 Å². The van der Waals surface area contributed by atoms with Crippen molar-refractivity contribution in [3.05, 3.63) is 28.2 Å². The van der Waals surface area contributed by atoms with Gasteiger partial charge < -0.3 is 5.11 Å². The van der Waals surface area contributed by atoms with E-state index in [0.717, 1.165) is 5.56 Å². The van der Waals surface area contributed by atoms with E-state index in [9.17, 15) is 17.2 Å². The van der Waals surface area contributed by atoms with Gasteiger partial charge in [0.2, 0.25) is 10.0 Å². The van der Waals surface area contributed by atoms with Crippen LogP contribution in [0, 0.1) is 6.92 Å². The van der Waals surface area contributed by atoms with E-state index in [0.29, 0.717) is 4.47 Å². The Kier molecular flexibility index (Phi) is 5.20. The maximum absolute atomic E-state index is 12.0. The van der Waals surface area contributed by atoms with Gasteiger partial charge in [-0.25, -0.2) is 21.9 Å². The fourth-order valence-corrected chi connectivity index (χ4v) is 3.43. The van der Waals surface area contributed by atoms with Crippen molar-refractivity contribution in [3.63, 3.8) is 0 Å². The lowest BCUT2D eigenvalue weighted by molar-refractivity contribution is -0.000452. The van der Waals surface area contributed by atoms with Gasteiger partial charge in [-0.15, -0.1) is 0 Å². The van der Waals surface area contributed by atoms with E-state index in [4.69, 9.17) is 5.11 Å². The van der Waals surface area contributed by atoms with Crippen molar-refractivity contribution >= 4 is 26.0 Å². The molecular formula is C10H12BrF2NO3S. The molecule has 0 saturated carbocycles. The van der Waals surface area contributed by atoms with Gasteiger partial charge in [0.15, 0.2) is 0 Å². The van der Waals surface area contributed by atoms with Crippen molar-refractivity contribution in [1.29, 1.82) is 0 Å².